The van der Waals surface area contributed by atoms with Crippen molar-refractivity contribution in [2.75, 3.05) is 11.9 Å². The molecule has 0 unspecified atom stereocenters. The van der Waals surface area contributed by atoms with Crippen LogP contribution < -0.4 is 28.9 Å². The standard InChI is InChI=1S/C14H11N3O3S.Li/c1-16(9-4-6-17-7-5-15-12(17)8-9)13(18)10-2-3-11(21-10)14(19)20;/h2-8H,1H3,(H,19,20);/q;+1/p-1. The van der Waals surface area contributed by atoms with Gasteiger partial charge in [-0.15, -0.1) is 11.3 Å². The van der Waals surface area contributed by atoms with Gasteiger partial charge in [0, 0.05) is 37.4 Å². The van der Waals surface area contributed by atoms with Crippen molar-refractivity contribution < 1.29 is 33.6 Å². The fourth-order valence-electron chi connectivity index (χ4n) is 1.95. The number of pyridine rings is 1. The van der Waals surface area contributed by atoms with Crippen LogP contribution in [0.4, 0.5) is 5.69 Å². The summed E-state index contributed by atoms with van der Waals surface area (Å²) in [4.78, 5) is 29.1. The first kappa shape index (κ1) is 16.3. The van der Waals surface area contributed by atoms with Crippen molar-refractivity contribution in [1.82, 2.24) is 9.38 Å². The molecule has 6 nitrogen and oxygen atoms in total. The molecule has 3 heterocycles. The van der Waals surface area contributed by atoms with Crippen LogP contribution in [0.2, 0.25) is 0 Å². The zero-order valence-electron chi connectivity index (χ0n) is 12.0. The Balaban J connectivity index is 0.00000176. The van der Waals surface area contributed by atoms with Gasteiger partial charge in [-0.3, -0.25) is 4.79 Å². The maximum absolute atomic E-state index is 12.4. The first-order chi connectivity index (χ1) is 10.1. The van der Waals surface area contributed by atoms with Crippen LogP contribution in [0, 0.1) is 0 Å². The second-order valence-electron chi connectivity index (χ2n) is 4.39. The Kier molecular flexibility index (Phi) is 4.71. The maximum Gasteiger partial charge on any atom is 1.00 e. The van der Waals surface area contributed by atoms with Gasteiger partial charge in [-0.1, -0.05) is 0 Å². The van der Waals surface area contributed by atoms with Crippen LogP contribution in [-0.2, 0) is 0 Å². The summed E-state index contributed by atoms with van der Waals surface area (Å²) >= 11 is 0.903. The fraction of sp³-hybridized carbons (Fsp3) is 0.0714. The van der Waals surface area contributed by atoms with E-state index in [2.05, 4.69) is 4.98 Å². The van der Waals surface area contributed by atoms with Gasteiger partial charge < -0.3 is 19.2 Å². The summed E-state index contributed by atoms with van der Waals surface area (Å²) in [6.45, 7) is 0. The van der Waals surface area contributed by atoms with Gasteiger partial charge in [0.1, 0.15) is 5.65 Å². The first-order valence-corrected chi connectivity index (χ1v) is 6.90. The Labute approximate surface area is 142 Å². The molecule has 3 aromatic heterocycles. The molecule has 0 spiro atoms. The third-order valence-corrected chi connectivity index (χ3v) is 4.14. The Morgan fingerprint density at radius 3 is 2.64 bits per heavy atom. The van der Waals surface area contributed by atoms with Gasteiger partial charge in [-0.05, 0) is 18.2 Å². The monoisotopic (exact) mass is 307 g/mol. The average Bonchev–Trinajstić information content (AvgIpc) is 3.13. The quantitative estimate of drug-likeness (QED) is 0.527. The first-order valence-electron chi connectivity index (χ1n) is 6.08. The molecule has 0 radical (unpaired) electrons. The molecule has 0 fully saturated rings. The summed E-state index contributed by atoms with van der Waals surface area (Å²) in [6.07, 6.45) is 5.29. The molecule has 0 saturated heterocycles. The van der Waals surface area contributed by atoms with E-state index in [0.717, 1.165) is 17.0 Å². The zero-order chi connectivity index (χ0) is 15.0. The minimum atomic E-state index is -1.28. The Morgan fingerprint density at radius 1 is 1.23 bits per heavy atom. The van der Waals surface area contributed by atoms with E-state index in [1.165, 1.54) is 17.0 Å². The van der Waals surface area contributed by atoms with Crippen LogP contribution in [0.3, 0.4) is 0 Å². The van der Waals surface area contributed by atoms with E-state index in [1.807, 2.05) is 16.8 Å². The largest absolute Gasteiger partial charge is 1.00 e. The number of hydrogen-bond acceptors (Lipinski definition) is 5. The minimum absolute atomic E-state index is 0. The number of aromatic nitrogens is 2. The van der Waals surface area contributed by atoms with Crippen molar-refractivity contribution in [2.24, 2.45) is 0 Å². The summed E-state index contributed by atoms with van der Waals surface area (Å²) in [5, 5.41) is 10.8. The second-order valence-corrected chi connectivity index (χ2v) is 5.48. The van der Waals surface area contributed by atoms with E-state index >= 15 is 0 Å². The molecule has 0 aliphatic rings. The van der Waals surface area contributed by atoms with Crippen LogP contribution in [-0.4, -0.2) is 28.3 Å². The normalized spacial score (nSPS) is 10.2. The molecular weight excluding hydrogens is 297 g/mol. The van der Waals surface area contributed by atoms with Crippen LogP contribution in [0.5, 0.6) is 0 Å². The molecule has 0 bridgehead atoms. The van der Waals surface area contributed by atoms with Crippen LogP contribution in [0.1, 0.15) is 19.3 Å². The number of carboxylic acids is 1. The molecule has 0 aliphatic carbocycles. The number of imidazole rings is 1. The van der Waals surface area contributed by atoms with Crippen molar-refractivity contribution in [3.05, 3.63) is 52.6 Å². The van der Waals surface area contributed by atoms with Crippen molar-refractivity contribution in [2.45, 2.75) is 0 Å². The summed E-state index contributed by atoms with van der Waals surface area (Å²) in [5.41, 5.74) is 1.41. The van der Waals surface area contributed by atoms with Crippen molar-refractivity contribution in [1.29, 1.82) is 0 Å². The summed E-state index contributed by atoms with van der Waals surface area (Å²) < 4.78 is 1.83. The number of hydrogen-bond donors (Lipinski definition) is 0. The van der Waals surface area contributed by atoms with E-state index in [-0.39, 0.29) is 29.6 Å². The van der Waals surface area contributed by atoms with Gasteiger partial charge in [-0.2, -0.15) is 0 Å². The van der Waals surface area contributed by atoms with E-state index < -0.39 is 5.97 Å². The summed E-state index contributed by atoms with van der Waals surface area (Å²) in [6, 6.07) is 6.44. The molecule has 0 saturated carbocycles. The molecule has 0 atom stereocenters. The molecule has 3 aromatic rings. The summed E-state index contributed by atoms with van der Waals surface area (Å²) in [5.74, 6) is -1.55. The Bertz CT molecular complexity index is 843. The number of rotatable bonds is 3. The smallest absolute Gasteiger partial charge is 0.544 e. The van der Waals surface area contributed by atoms with Crippen LogP contribution in [0.15, 0.2) is 42.9 Å². The Hall–Kier alpha value is -2.07. The van der Waals surface area contributed by atoms with Gasteiger partial charge in [-0.25, -0.2) is 4.98 Å². The van der Waals surface area contributed by atoms with E-state index in [0.29, 0.717) is 10.6 Å². The van der Waals surface area contributed by atoms with E-state index in [4.69, 9.17) is 0 Å². The summed E-state index contributed by atoms with van der Waals surface area (Å²) in [7, 11) is 1.63. The van der Waals surface area contributed by atoms with Crippen molar-refractivity contribution >= 4 is 34.5 Å². The Morgan fingerprint density at radius 2 is 1.95 bits per heavy atom. The van der Waals surface area contributed by atoms with Gasteiger partial charge in [0.2, 0.25) is 0 Å². The van der Waals surface area contributed by atoms with Crippen molar-refractivity contribution in [3.8, 4) is 0 Å². The third kappa shape index (κ3) is 2.92. The molecule has 22 heavy (non-hydrogen) atoms. The number of carboxylic acid groups (broad SMARTS) is 1. The molecule has 0 aromatic carbocycles. The predicted octanol–water partition coefficient (Wildman–Crippen LogP) is -1.96. The second kappa shape index (κ2) is 6.36. The third-order valence-electron chi connectivity index (χ3n) is 3.09. The van der Waals surface area contributed by atoms with Crippen LogP contribution >= 0.6 is 11.3 Å². The molecule has 0 aliphatic heterocycles. The van der Waals surface area contributed by atoms with Gasteiger partial charge >= 0.3 is 18.9 Å². The van der Waals surface area contributed by atoms with E-state index in [9.17, 15) is 14.7 Å². The predicted molar refractivity (Wildman–Crippen MR) is 76.6 cm³/mol. The number of thiophene rings is 1. The molecule has 0 N–H and O–H groups in total. The number of carbonyl (C=O) groups excluding carboxylic acids is 2. The number of nitrogens with zero attached hydrogens (tertiary/aromatic N) is 3. The van der Waals surface area contributed by atoms with Gasteiger partial charge in [0.05, 0.1) is 15.7 Å². The molecule has 3 rings (SSSR count). The number of carbonyl (C=O) groups is 2. The van der Waals surface area contributed by atoms with Gasteiger partial charge in [0.25, 0.3) is 5.91 Å². The topological polar surface area (TPSA) is 77.7 Å². The average molecular weight is 307 g/mol. The van der Waals surface area contributed by atoms with Crippen molar-refractivity contribution in [3.63, 3.8) is 0 Å². The number of fused-ring (bicyclic) bond motifs is 1. The minimum Gasteiger partial charge on any atom is -0.544 e. The number of amides is 1. The molecular formula is C14H10LiN3O3S. The number of anilines is 1. The van der Waals surface area contributed by atoms with E-state index in [1.54, 1.807) is 25.4 Å². The molecule has 8 heteroatoms. The van der Waals surface area contributed by atoms with Crippen LogP contribution in [0.25, 0.3) is 5.65 Å². The maximum atomic E-state index is 12.4. The molecule has 106 valence electrons. The zero-order valence-corrected chi connectivity index (χ0v) is 12.8. The van der Waals surface area contributed by atoms with Gasteiger partial charge in [0.15, 0.2) is 0 Å². The fourth-order valence-corrected chi connectivity index (χ4v) is 2.77. The SMILES string of the molecule is CN(C(=O)c1ccc(C(=O)[O-])s1)c1ccn2ccnc2c1.[Li+]. The molecule has 1 amide bonds. The number of aromatic carboxylic acids is 1.